The number of phenolic OH excluding ortho intramolecular Hbond substituents is 1. The number of hydrogen-bond acceptors (Lipinski definition) is 4. The summed E-state index contributed by atoms with van der Waals surface area (Å²) in [6.45, 7) is 0.306. The van der Waals surface area contributed by atoms with Crippen molar-refractivity contribution in [1.29, 1.82) is 0 Å². The van der Waals surface area contributed by atoms with Gasteiger partial charge in [0.05, 0.1) is 13.0 Å². The number of methoxy groups -OCH3 is 1. The monoisotopic (exact) mass is 264 g/mol. The van der Waals surface area contributed by atoms with E-state index in [1.54, 1.807) is 24.3 Å². The van der Waals surface area contributed by atoms with Gasteiger partial charge in [-0.25, -0.2) is 0 Å². The Morgan fingerprint density at radius 3 is 2.79 bits per heavy atom. The van der Waals surface area contributed by atoms with Crippen molar-refractivity contribution in [1.82, 2.24) is 0 Å². The van der Waals surface area contributed by atoms with E-state index in [1.807, 2.05) is 0 Å². The van der Waals surface area contributed by atoms with E-state index < -0.39 is 0 Å². The smallest absolute Gasteiger partial charge is 0.312 e. The van der Waals surface area contributed by atoms with Crippen molar-refractivity contribution in [2.75, 3.05) is 13.7 Å². The molecular weight excluding hydrogens is 244 g/mol. The highest BCUT2D eigenvalue weighted by atomic mass is 16.5. The predicted molar refractivity (Wildman–Crippen MR) is 71.1 cm³/mol. The molecule has 0 spiro atoms. The molecule has 0 bridgehead atoms. The number of benzene rings is 1. The van der Waals surface area contributed by atoms with Crippen LogP contribution >= 0.6 is 0 Å². The lowest BCUT2D eigenvalue weighted by Crippen LogP contribution is -2.29. The molecule has 19 heavy (non-hydrogen) atoms. The number of carbonyl (C=O) groups is 1. The Labute approximate surface area is 113 Å². The fourth-order valence-electron chi connectivity index (χ4n) is 2.67. The van der Waals surface area contributed by atoms with Gasteiger partial charge in [0.15, 0.2) is 0 Å². The number of carbonyl (C=O) groups excluding carboxylic acids is 1. The first-order chi connectivity index (χ1) is 9.20. The van der Waals surface area contributed by atoms with E-state index in [0.717, 1.165) is 12.8 Å². The van der Waals surface area contributed by atoms with Crippen LogP contribution in [0.2, 0.25) is 0 Å². The molecule has 1 saturated carbocycles. The maximum absolute atomic E-state index is 11.8. The number of hydrogen-bond donors (Lipinski definition) is 1. The number of aromatic hydroxyl groups is 1. The van der Waals surface area contributed by atoms with Crippen LogP contribution in [0.15, 0.2) is 24.3 Å². The van der Waals surface area contributed by atoms with Gasteiger partial charge >= 0.3 is 5.97 Å². The van der Waals surface area contributed by atoms with E-state index in [9.17, 15) is 9.90 Å². The number of esters is 1. The predicted octanol–water partition coefficient (Wildman–Crippen LogP) is 2.75. The lowest BCUT2D eigenvalue weighted by atomic mass is 9.91. The van der Waals surface area contributed by atoms with Gasteiger partial charge in [0, 0.05) is 6.07 Å². The molecule has 0 heterocycles. The zero-order valence-corrected chi connectivity index (χ0v) is 11.2. The minimum absolute atomic E-state index is 0.160. The van der Waals surface area contributed by atoms with Crippen LogP contribution in [0, 0.1) is 11.8 Å². The Morgan fingerprint density at radius 2 is 2.16 bits per heavy atom. The van der Waals surface area contributed by atoms with Crippen molar-refractivity contribution >= 4 is 5.97 Å². The van der Waals surface area contributed by atoms with E-state index in [-0.39, 0.29) is 17.6 Å². The third-order valence-corrected chi connectivity index (χ3v) is 3.72. The zero-order chi connectivity index (χ0) is 13.7. The summed E-state index contributed by atoms with van der Waals surface area (Å²) in [5.41, 5.74) is 0. The first kappa shape index (κ1) is 13.7. The van der Waals surface area contributed by atoms with Crippen molar-refractivity contribution in [3.8, 4) is 11.5 Å². The maximum atomic E-state index is 11.8. The highest BCUT2D eigenvalue weighted by Crippen LogP contribution is 2.32. The van der Waals surface area contributed by atoms with Gasteiger partial charge in [-0.3, -0.25) is 4.79 Å². The van der Waals surface area contributed by atoms with E-state index >= 15 is 0 Å². The number of phenols is 1. The van der Waals surface area contributed by atoms with Gasteiger partial charge in [-0.2, -0.15) is 0 Å². The Hall–Kier alpha value is -1.71. The summed E-state index contributed by atoms with van der Waals surface area (Å²) in [4.78, 5) is 11.8. The maximum Gasteiger partial charge on any atom is 0.312 e. The van der Waals surface area contributed by atoms with Gasteiger partial charge in [-0.05, 0) is 30.9 Å². The summed E-state index contributed by atoms with van der Waals surface area (Å²) in [5.74, 6) is 0.673. The highest BCUT2D eigenvalue weighted by molar-refractivity contribution is 5.72. The summed E-state index contributed by atoms with van der Waals surface area (Å²) < 4.78 is 10.5. The summed E-state index contributed by atoms with van der Waals surface area (Å²) in [5, 5.41) is 9.37. The fraction of sp³-hybridized carbons (Fsp3) is 0.533. The first-order valence-corrected chi connectivity index (χ1v) is 6.70. The average Bonchev–Trinajstić information content (AvgIpc) is 2.92. The topological polar surface area (TPSA) is 55.8 Å². The fourth-order valence-corrected chi connectivity index (χ4v) is 2.67. The van der Waals surface area contributed by atoms with E-state index in [4.69, 9.17) is 9.47 Å². The second-order valence-corrected chi connectivity index (χ2v) is 4.98. The molecule has 1 unspecified atom stereocenters. The minimum atomic E-state index is -0.213. The molecule has 1 fully saturated rings. The van der Waals surface area contributed by atoms with Gasteiger partial charge in [-0.15, -0.1) is 0 Å². The minimum Gasteiger partial charge on any atom is -0.508 e. The molecule has 1 atom stereocenters. The van der Waals surface area contributed by atoms with Gasteiger partial charge < -0.3 is 14.6 Å². The summed E-state index contributed by atoms with van der Waals surface area (Å²) >= 11 is 0. The Kier molecular flexibility index (Phi) is 4.66. The third-order valence-electron chi connectivity index (χ3n) is 3.72. The molecule has 0 saturated heterocycles. The standard InChI is InChI=1S/C15H20O4/c1-18-15(17)14(11-5-2-3-6-11)10-19-13-8-4-7-12(16)9-13/h4,7-9,11,14,16H,2-3,5-6,10H2,1H3. The largest absolute Gasteiger partial charge is 0.508 e. The zero-order valence-electron chi connectivity index (χ0n) is 11.2. The van der Waals surface area contributed by atoms with E-state index in [2.05, 4.69) is 0 Å². The van der Waals surface area contributed by atoms with Crippen LogP contribution in [0.1, 0.15) is 25.7 Å². The summed E-state index contributed by atoms with van der Waals surface area (Å²) in [6.07, 6.45) is 4.46. The molecule has 4 nitrogen and oxygen atoms in total. The normalized spacial score (nSPS) is 17.1. The van der Waals surface area contributed by atoms with E-state index in [0.29, 0.717) is 18.3 Å². The molecule has 2 rings (SSSR count). The quantitative estimate of drug-likeness (QED) is 0.831. The molecule has 1 aliphatic carbocycles. The lowest BCUT2D eigenvalue weighted by molar-refractivity contribution is -0.148. The second kappa shape index (κ2) is 6.45. The molecule has 1 aromatic carbocycles. The SMILES string of the molecule is COC(=O)C(COc1cccc(O)c1)C1CCCC1. The van der Waals surface area contributed by atoms with Crippen molar-refractivity contribution in [3.63, 3.8) is 0 Å². The second-order valence-electron chi connectivity index (χ2n) is 4.98. The lowest BCUT2D eigenvalue weighted by Gasteiger charge is -2.21. The molecule has 104 valence electrons. The van der Waals surface area contributed by atoms with Crippen LogP contribution in [0.3, 0.4) is 0 Å². The first-order valence-electron chi connectivity index (χ1n) is 6.70. The summed E-state index contributed by atoms with van der Waals surface area (Å²) in [6, 6.07) is 6.61. The van der Waals surface area contributed by atoms with Gasteiger partial charge in [0.25, 0.3) is 0 Å². The molecule has 0 aromatic heterocycles. The van der Waals surface area contributed by atoms with Crippen molar-refractivity contribution in [2.24, 2.45) is 11.8 Å². The van der Waals surface area contributed by atoms with Gasteiger partial charge in [0.1, 0.15) is 18.1 Å². The van der Waals surface area contributed by atoms with E-state index in [1.165, 1.54) is 20.0 Å². The van der Waals surface area contributed by atoms with Crippen LogP contribution in [-0.4, -0.2) is 24.8 Å². The van der Waals surface area contributed by atoms with Crippen LogP contribution < -0.4 is 4.74 Å². The van der Waals surface area contributed by atoms with Crippen LogP contribution in [0.5, 0.6) is 11.5 Å². The molecule has 4 heteroatoms. The molecule has 0 amide bonds. The average molecular weight is 264 g/mol. The number of rotatable bonds is 5. The highest BCUT2D eigenvalue weighted by Gasteiger charge is 2.32. The molecule has 1 N–H and O–H groups in total. The molecule has 0 radical (unpaired) electrons. The van der Waals surface area contributed by atoms with Gasteiger partial charge in [0.2, 0.25) is 0 Å². The number of ether oxygens (including phenoxy) is 2. The van der Waals surface area contributed by atoms with Crippen molar-refractivity contribution in [3.05, 3.63) is 24.3 Å². The molecule has 1 aliphatic rings. The Balaban J connectivity index is 1.97. The third kappa shape index (κ3) is 3.63. The summed E-state index contributed by atoms with van der Waals surface area (Å²) in [7, 11) is 1.42. The van der Waals surface area contributed by atoms with Crippen molar-refractivity contribution < 1.29 is 19.4 Å². The molecular formula is C15H20O4. The van der Waals surface area contributed by atoms with Crippen molar-refractivity contribution in [2.45, 2.75) is 25.7 Å². The van der Waals surface area contributed by atoms with Crippen LogP contribution in [0.4, 0.5) is 0 Å². The van der Waals surface area contributed by atoms with Crippen LogP contribution in [-0.2, 0) is 9.53 Å². The molecule has 0 aliphatic heterocycles. The van der Waals surface area contributed by atoms with Gasteiger partial charge in [-0.1, -0.05) is 18.9 Å². The van der Waals surface area contributed by atoms with Crippen LogP contribution in [0.25, 0.3) is 0 Å². The molecule has 1 aromatic rings. The Morgan fingerprint density at radius 1 is 1.42 bits per heavy atom. The Bertz CT molecular complexity index is 424.